The van der Waals surface area contributed by atoms with E-state index in [1.165, 1.54) is 25.7 Å². The topological polar surface area (TPSA) is 55.1 Å². The minimum absolute atomic E-state index is 0.198. The molecule has 3 N–H and O–H groups in total. The SMILES string of the molecule is CCC(CN)CC(=O)NC1CCCC(CC)C1. The predicted octanol–water partition coefficient (Wildman–Crippen LogP) is 2.45. The zero-order chi connectivity index (χ0) is 12.7. The van der Waals surface area contributed by atoms with E-state index in [0.717, 1.165) is 18.8 Å². The quantitative estimate of drug-likeness (QED) is 0.749. The van der Waals surface area contributed by atoms with Gasteiger partial charge in [-0.05, 0) is 31.2 Å². The summed E-state index contributed by atoms with van der Waals surface area (Å²) < 4.78 is 0. The highest BCUT2D eigenvalue weighted by Gasteiger charge is 2.22. The molecule has 0 bridgehead atoms. The van der Waals surface area contributed by atoms with E-state index in [0.29, 0.717) is 24.9 Å². The van der Waals surface area contributed by atoms with Crippen molar-refractivity contribution in [3.8, 4) is 0 Å². The summed E-state index contributed by atoms with van der Waals surface area (Å²) in [5, 5.41) is 3.19. The van der Waals surface area contributed by atoms with Gasteiger partial charge in [-0.15, -0.1) is 0 Å². The van der Waals surface area contributed by atoms with Crippen molar-refractivity contribution in [3.63, 3.8) is 0 Å². The third-order valence-corrected chi connectivity index (χ3v) is 4.11. The van der Waals surface area contributed by atoms with Crippen molar-refractivity contribution in [1.29, 1.82) is 0 Å². The number of nitrogens with two attached hydrogens (primary N) is 1. The maximum absolute atomic E-state index is 11.9. The zero-order valence-electron chi connectivity index (χ0n) is 11.4. The van der Waals surface area contributed by atoms with Crippen molar-refractivity contribution in [2.75, 3.05) is 6.54 Å². The smallest absolute Gasteiger partial charge is 0.220 e. The van der Waals surface area contributed by atoms with E-state index >= 15 is 0 Å². The van der Waals surface area contributed by atoms with Crippen LogP contribution in [0.1, 0.15) is 58.8 Å². The van der Waals surface area contributed by atoms with Crippen LogP contribution in [0.15, 0.2) is 0 Å². The molecule has 100 valence electrons. The summed E-state index contributed by atoms with van der Waals surface area (Å²) in [5.74, 6) is 1.36. The maximum Gasteiger partial charge on any atom is 0.220 e. The van der Waals surface area contributed by atoms with Crippen LogP contribution in [0.2, 0.25) is 0 Å². The Bertz CT molecular complexity index is 226. The van der Waals surface area contributed by atoms with Gasteiger partial charge in [-0.2, -0.15) is 0 Å². The number of nitrogens with one attached hydrogen (secondary N) is 1. The molecule has 0 aromatic heterocycles. The Morgan fingerprint density at radius 1 is 1.41 bits per heavy atom. The van der Waals surface area contributed by atoms with Crippen LogP contribution in [0, 0.1) is 11.8 Å². The summed E-state index contributed by atoms with van der Waals surface area (Å²) >= 11 is 0. The van der Waals surface area contributed by atoms with E-state index in [9.17, 15) is 4.79 Å². The molecule has 1 fully saturated rings. The summed E-state index contributed by atoms with van der Waals surface area (Å²) in [7, 11) is 0. The average molecular weight is 240 g/mol. The summed E-state index contributed by atoms with van der Waals surface area (Å²) in [6.45, 7) is 4.96. The fraction of sp³-hybridized carbons (Fsp3) is 0.929. The number of carbonyl (C=O) groups excluding carboxylic acids is 1. The van der Waals surface area contributed by atoms with E-state index < -0.39 is 0 Å². The molecule has 0 aliphatic heterocycles. The molecule has 0 radical (unpaired) electrons. The molecule has 0 saturated heterocycles. The van der Waals surface area contributed by atoms with Crippen molar-refractivity contribution in [2.45, 2.75) is 64.8 Å². The Hall–Kier alpha value is -0.570. The van der Waals surface area contributed by atoms with Gasteiger partial charge in [0.15, 0.2) is 0 Å². The Balaban J connectivity index is 2.30. The number of hydrogen-bond acceptors (Lipinski definition) is 2. The molecule has 1 saturated carbocycles. The molecule has 1 amide bonds. The highest BCUT2D eigenvalue weighted by atomic mass is 16.1. The van der Waals surface area contributed by atoms with E-state index in [4.69, 9.17) is 5.73 Å². The highest BCUT2D eigenvalue weighted by molar-refractivity contribution is 5.76. The highest BCUT2D eigenvalue weighted by Crippen LogP contribution is 2.26. The Morgan fingerprint density at radius 2 is 2.18 bits per heavy atom. The van der Waals surface area contributed by atoms with E-state index in [1.807, 2.05) is 0 Å². The summed E-state index contributed by atoms with van der Waals surface area (Å²) in [6.07, 6.45) is 7.75. The Morgan fingerprint density at radius 3 is 2.76 bits per heavy atom. The Labute approximate surface area is 106 Å². The molecule has 3 nitrogen and oxygen atoms in total. The van der Waals surface area contributed by atoms with Gasteiger partial charge in [0.2, 0.25) is 5.91 Å². The monoisotopic (exact) mass is 240 g/mol. The van der Waals surface area contributed by atoms with Crippen molar-refractivity contribution in [3.05, 3.63) is 0 Å². The number of hydrogen-bond donors (Lipinski definition) is 2. The lowest BCUT2D eigenvalue weighted by molar-refractivity contribution is -0.123. The van der Waals surface area contributed by atoms with Gasteiger partial charge in [0.1, 0.15) is 0 Å². The molecule has 0 spiro atoms. The van der Waals surface area contributed by atoms with Gasteiger partial charge in [-0.25, -0.2) is 0 Å². The van der Waals surface area contributed by atoms with Crippen molar-refractivity contribution in [1.82, 2.24) is 5.32 Å². The van der Waals surface area contributed by atoms with Gasteiger partial charge in [-0.3, -0.25) is 4.79 Å². The molecule has 1 aliphatic carbocycles. The van der Waals surface area contributed by atoms with Crippen molar-refractivity contribution in [2.24, 2.45) is 17.6 Å². The minimum atomic E-state index is 0.198. The summed E-state index contributed by atoms with van der Waals surface area (Å²) in [5.41, 5.74) is 5.63. The Kier molecular flexibility index (Phi) is 6.56. The molecular weight excluding hydrogens is 212 g/mol. The fourth-order valence-electron chi connectivity index (χ4n) is 2.74. The first-order chi connectivity index (χ1) is 8.19. The molecule has 0 aromatic carbocycles. The van der Waals surface area contributed by atoms with Gasteiger partial charge in [-0.1, -0.05) is 39.5 Å². The molecule has 1 aliphatic rings. The second-order valence-corrected chi connectivity index (χ2v) is 5.42. The van der Waals surface area contributed by atoms with Crippen LogP contribution < -0.4 is 11.1 Å². The minimum Gasteiger partial charge on any atom is -0.353 e. The number of rotatable bonds is 6. The molecule has 0 heterocycles. The largest absolute Gasteiger partial charge is 0.353 e. The first-order valence-corrected chi connectivity index (χ1v) is 7.18. The van der Waals surface area contributed by atoms with Crippen molar-refractivity contribution < 1.29 is 4.79 Å². The number of amides is 1. The number of carbonyl (C=O) groups is 1. The molecule has 1 rings (SSSR count). The molecule has 3 heteroatoms. The maximum atomic E-state index is 11.9. The molecule has 3 atom stereocenters. The van der Waals surface area contributed by atoms with Crippen LogP contribution in [0.3, 0.4) is 0 Å². The van der Waals surface area contributed by atoms with Crippen molar-refractivity contribution >= 4 is 5.91 Å². The van der Waals surface area contributed by atoms with Crippen LogP contribution in [0.25, 0.3) is 0 Å². The molecule has 0 aromatic rings. The van der Waals surface area contributed by atoms with Crippen LogP contribution in [0.4, 0.5) is 0 Å². The summed E-state index contributed by atoms with van der Waals surface area (Å²) in [6, 6.07) is 0.413. The van der Waals surface area contributed by atoms with Crippen LogP contribution in [-0.4, -0.2) is 18.5 Å². The second kappa shape index (κ2) is 7.70. The normalized spacial score (nSPS) is 26.5. The standard InChI is InChI=1S/C14H28N2O/c1-3-11-6-5-7-13(8-11)16-14(17)9-12(4-2)10-15/h11-13H,3-10,15H2,1-2H3,(H,16,17). The average Bonchev–Trinajstić information content (AvgIpc) is 2.36. The molecule has 3 unspecified atom stereocenters. The van der Waals surface area contributed by atoms with Gasteiger partial charge < -0.3 is 11.1 Å². The molecular formula is C14H28N2O. The summed E-state index contributed by atoms with van der Waals surface area (Å²) in [4.78, 5) is 11.9. The first kappa shape index (κ1) is 14.5. The van der Waals surface area contributed by atoms with Gasteiger partial charge in [0.05, 0.1) is 0 Å². The molecule has 17 heavy (non-hydrogen) atoms. The predicted molar refractivity (Wildman–Crippen MR) is 71.6 cm³/mol. The second-order valence-electron chi connectivity index (χ2n) is 5.42. The van der Waals surface area contributed by atoms with Gasteiger partial charge in [0, 0.05) is 12.5 Å². The lowest BCUT2D eigenvalue weighted by atomic mass is 9.84. The van der Waals surface area contributed by atoms with Crippen LogP contribution in [-0.2, 0) is 4.79 Å². The first-order valence-electron chi connectivity index (χ1n) is 7.18. The lowest BCUT2D eigenvalue weighted by Gasteiger charge is -2.29. The van der Waals surface area contributed by atoms with Crippen LogP contribution >= 0.6 is 0 Å². The van der Waals surface area contributed by atoms with E-state index in [2.05, 4.69) is 19.2 Å². The van der Waals surface area contributed by atoms with Crippen LogP contribution in [0.5, 0.6) is 0 Å². The van der Waals surface area contributed by atoms with E-state index in [-0.39, 0.29) is 5.91 Å². The zero-order valence-corrected chi connectivity index (χ0v) is 11.4. The third kappa shape index (κ3) is 5.07. The lowest BCUT2D eigenvalue weighted by Crippen LogP contribution is -2.39. The van der Waals surface area contributed by atoms with E-state index in [1.54, 1.807) is 0 Å². The van der Waals surface area contributed by atoms with Gasteiger partial charge >= 0.3 is 0 Å². The fourth-order valence-corrected chi connectivity index (χ4v) is 2.74. The van der Waals surface area contributed by atoms with Gasteiger partial charge in [0.25, 0.3) is 0 Å². The third-order valence-electron chi connectivity index (χ3n) is 4.11.